The molecule has 3 rings (SSSR count). The minimum absolute atomic E-state index is 0.189. The molecule has 2 saturated heterocycles. The second-order valence-corrected chi connectivity index (χ2v) is 8.64. The van der Waals surface area contributed by atoms with Gasteiger partial charge in [-0.25, -0.2) is 13.1 Å². The molecule has 1 N–H and O–H groups in total. The Morgan fingerprint density at radius 1 is 1.19 bits per heavy atom. The molecule has 2 aliphatic heterocycles. The van der Waals surface area contributed by atoms with Crippen LogP contribution in [0.25, 0.3) is 0 Å². The first-order valence-electron chi connectivity index (χ1n) is 8.74. The molecular weight excluding hydrogens is 369 g/mol. The van der Waals surface area contributed by atoms with E-state index >= 15 is 0 Å². The molecule has 0 saturated carbocycles. The van der Waals surface area contributed by atoms with E-state index in [1.54, 1.807) is 0 Å². The van der Waals surface area contributed by atoms with E-state index in [0.717, 1.165) is 57.7 Å². The number of ether oxygens (including phenoxy) is 1. The van der Waals surface area contributed by atoms with Crippen LogP contribution in [0.2, 0.25) is 0 Å². The second-order valence-electron chi connectivity index (χ2n) is 6.87. The van der Waals surface area contributed by atoms with Crippen molar-refractivity contribution in [1.29, 1.82) is 0 Å². The van der Waals surface area contributed by atoms with Gasteiger partial charge in [0, 0.05) is 19.2 Å². The van der Waals surface area contributed by atoms with Crippen LogP contribution in [0.3, 0.4) is 0 Å². The fourth-order valence-electron chi connectivity index (χ4n) is 3.48. The molecule has 5 nitrogen and oxygen atoms in total. The van der Waals surface area contributed by atoms with Crippen LogP contribution < -0.4 is 4.72 Å². The predicted molar refractivity (Wildman–Crippen MR) is 90.2 cm³/mol. The highest BCUT2D eigenvalue weighted by Gasteiger charge is 2.32. The first-order chi connectivity index (χ1) is 12.3. The van der Waals surface area contributed by atoms with E-state index in [0.29, 0.717) is 12.1 Å². The van der Waals surface area contributed by atoms with Gasteiger partial charge in [0.2, 0.25) is 10.0 Å². The Hall–Kier alpha value is -1.16. The van der Waals surface area contributed by atoms with Gasteiger partial charge in [-0.3, -0.25) is 4.90 Å². The lowest BCUT2D eigenvalue weighted by Crippen LogP contribution is -2.43. The van der Waals surface area contributed by atoms with E-state index in [-0.39, 0.29) is 17.4 Å². The molecule has 0 spiro atoms. The SMILES string of the molecule is O=S(=O)(NCC1CCN([C@H]2CCOC2)CC1)c1cccc(C(F)(F)F)c1. The minimum atomic E-state index is -4.57. The molecule has 26 heavy (non-hydrogen) atoms. The van der Waals surface area contributed by atoms with Gasteiger partial charge in [0.25, 0.3) is 0 Å². The summed E-state index contributed by atoms with van der Waals surface area (Å²) in [4.78, 5) is 2.03. The summed E-state index contributed by atoms with van der Waals surface area (Å²) in [6.45, 7) is 3.58. The van der Waals surface area contributed by atoms with Crippen molar-refractivity contribution in [2.24, 2.45) is 5.92 Å². The largest absolute Gasteiger partial charge is 0.416 e. The number of rotatable bonds is 5. The van der Waals surface area contributed by atoms with Crippen molar-refractivity contribution in [1.82, 2.24) is 9.62 Å². The Labute approximate surface area is 151 Å². The number of benzene rings is 1. The van der Waals surface area contributed by atoms with Gasteiger partial charge in [-0.15, -0.1) is 0 Å². The molecule has 0 amide bonds. The molecular formula is C17H23F3N2O3S. The van der Waals surface area contributed by atoms with E-state index in [1.807, 2.05) is 0 Å². The molecule has 0 radical (unpaired) electrons. The molecule has 0 aliphatic carbocycles. The molecule has 1 aromatic carbocycles. The number of hydrogen-bond acceptors (Lipinski definition) is 4. The highest BCUT2D eigenvalue weighted by Crippen LogP contribution is 2.30. The van der Waals surface area contributed by atoms with E-state index in [2.05, 4.69) is 9.62 Å². The maximum atomic E-state index is 12.8. The zero-order valence-corrected chi connectivity index (χ0v) is 15.2. The third-order valence-electron chi connectivity index (χ3n) is 5.10. The molecule has 9 heteroatoms. The summed E-state index contributed by atoms with van der Waals surface area (Å²) < 4.78 is 70.8. The molecule has 146 valence electrons. The Bertz CT molecular complexity index is 710. The maximum absolute atomic E-state index is 12.8. The minimum Gasteiger partial charge on any atom is -0.380 e. The monoisotopic (exact) mass is 392 g/mol. The standard InChI is InChI=1S/C17H23F3N2O3S/c18-17(19,20)14-2-1-3-16(10-14)26(23,24)21-11-13-4-7-22(8-5-13)15-6-9-25-12-15/h1-3,10,13,15,21H,4-9,11-12H2/t15-/m0/s1. The van der Waals surface area contributed by atoms with Crippen LogP contribution in [0.1, 0.15) is 24.8 Å². The van der Waals surface area contributed by atoms with Crippen molar-refractivity contribution in [3.63, 3.8) is 0 Å². The van der Waals surface area contributed by atoms with E-state index in [9.17, 15) is 21.6 Å². The highest BCUT2D eigenvalue weighted by molar-refractivity contribution is 7.89. The smallest absolute Gasteiger partial charge is 0.380 e. The normalized spacial score (nSPS) is 23.4. The summed E-state index contributed by atoms with van der Waals surface area (Å²) in [6, 6.07) is 4.28. The first kappa shape index (κ1) is 19.6. The summed E-state index contributed by atoms with van der Waals surface area (Å²) >= 11 is 0. The lowest BCUT2D eigenvalue weighted by molar-refractivity contribution is -0.137. The molecule has 2 aliphatic rings. The Morgan fingerprint density at radius 2 is 1.92 bits per heavy atom. The second kappa shape index (κ2) is 7.84. The summed E-state index contributed by atoms with van der Waals surface area (Å²) in [6.07, 6.45) is -1.81. The lowest BCUT2D eigenvalue weighted by atomic mass is 9.96. The number of nitrogens with one attached hydrogen (secondary N) is 1. The van der Waals surface area contributed by atoms with Crippen molar-refractivity contribution >= 4 is 10.0 Å². The average molecular weight is 392 g/mol. The molecule has 1 aromatic rings. The summed E-state index contributed by atoms with van der Waals surface area (Å²) in [5, 5.41) is 0. The topological polar surface area (TPSA) is 58.6 Å². The highest BCUT2D eigenvalue weighted by atomic mass is 32.2. The van der Waals surface area contributed by atoms with Crippen molar-refractivity contribution in [2.75, 3.05) is 32.8 Å². The van der Waals surface area contributed by atoms with Crippen LogP contribution in [-0.4, -0.2) is 52.2 Å². The molecule has 0 aromatic heterocycles. The summed E-state index contributed by atoms with van der Waals surface area (Å²) in [5.74, 6) is 0.189. The quantitative estimate of drug-likeness (QED) is 0.837. The molecule has 0 bridgehead atoms. The number of hydrogen-bond donors (Lipinski definition) is 1. The van der Waals surface area contributed by atoms with E-state index in [1.165, 1.54) is 6.07 Å². The fourth-order valence-corrected chi connectivity index (χ4v) is 4.64. The van der Waals surface area contributed by atoms with Gasteiger partial charge < -0.3 is 4.74 Å². The van der Waals surface area contributed by atoms with Gasteiger partial charge in [0.1, 0.15) is 0 Å². The zero-order valence-electron chi connectivity index (χ0n) is 14.3. The van der Waals surface area contributed by atoms with Crippen LogP contribution in [-0.2, 0) is 20.9 Å². The molecule has 2 heterocycles. The van der Waals surface area contributed by atoms with Crippen molar-refractivity contribution < 1.29 is 26.3 Å². The van der Waals surface area contributed by atoms with E-state index < -0.39 is 21.8 Å². The number of piperidine rings is 1. The van der Waals surface area contributed by atoms with Gasteiger partial charge in [0.05, 0.1) is 17.1 Å². The average Bonchev–Trinajstić information content (AvgIpc) is 3.15. The van der Waals surface area contributed by atoms with E-state index in [4.69, 9.17) is 4.74 Å². The molecule has 0 unspecified atom stereocenters. The number of alkyl halides is 3. The molecule has 1 atom stereocenters. The summed E-state index contributed by atoms with van der Waals surface area (Å²) in [5.41, 5.74) is -0.965. The van der Waals surface area contributed by atoms with Crippen molar-refractivity contribution in [3.8, 4) is 0 Å². The number of sulfonamides is 1. The third-order valence-corrected chi connectivity index (χ3v) is 6.53. The van der Waals surface area contributed by atoms with Crippen LogP contribution >= 0.6 is 0 Å². The van der Waals surface area contributed by atoms with Gasteiger partial charge in [-0.1, -0.05) is 6.07 Å². The zero-order chi connectivity index (χ0) is 18.8. The number of halogens is 3. The van der Waals surface area contributed by atoms with Crippen molar-refractivity contribution in [3.05, 3.63) is 29.8 Å². The lowest BCUT2D eigenvalue weighted by Gasteiger charge is -2.35. The van der Waals surface area contributed by atoms with Gasteiger partial charge in [-0.05, 0) is 56.5 Å². The van der Waals surface area contributed by atoms with Crippen LogP contribution in [0.5, 0.6) is 0 Å². The van der Waals surface area contributed by atoms with Crippen LogP contribution in [0, 0.1) is 5.92 Å². The van der Waals surface area contributed by atoms with Crippen LogP contribution in [0.4, 0.5) is 13.2 Å². The van der Waals surface area contributed by atoms with Crippen LogP contribution in [0.15, 0.2) is 29.2 Å². The Morgan fingerprint density at radius 3 is 2.54 bits per heavy atom. The first-order valence-corrected chi connectivity index (χ1v) is 10.2. The third kappa shape index (κ3) is 4.76. The summed E-state index contributed by atoms with van der Waals surface area (Å²) in [7, 11) is -3.96. The number of likely N-dealkylation sites (tertiary alicyclic amines) is 1. The van der Waals surface area contributed by atoms with Gasteiger partial charge >= 0.3 is 6.18 Å². The Kier molecular flexibility index (Phi) is 5.91. The van der Waals surface area contributed by atoms with Crippen molar-refractivity contribution in [2.45, 2.75) is 36.4 Å². The maximum Gasteiger partial charge on any atom is 0.416 e. The fraction of sp³-hybridized carbons (Fsp3) is 0.647. The van der Waals surface area contributed by atoms with Gasteiger partial charge in [0.15, 0.2) is 0 Å². The number of nitrogens with zero attached hydrogens (tertiary/aromatic N) is 1. The molecule has 2 fully saturated rings. The van der Waals surface area contributed by atoms with Gasteiger partial charge in [-0.2, -0.15) is 13.2 Å². The predicted octanol–water partition coefficient (Wildman–Crippen LogP) is 2.48. The Balaban J connectivity index is 1.54.